The number of hydrogen-bond acceptors (Lipinski definition) is 5. The average Bonchev–Trinajstić information content (AvgIpc) is 3.10. The van der Waals surface area contributed by atoms with Crippen molar-refractivity contribution in [2.24, 2.45) is 0 Å². The van der Waals surface area contributed by atoms with Crippen molar-refractivity contribution in [2.45, 2.75) is 32.9 Å². The number of phenols is 1. The number of nitrogens with one attached hydrogen (secondary N) is 1. The van der Waals surface area contributed by atoms with Gasteiger partial charge in [0, 0.05) is 32.7 Å². The maximum Gasteiger partial charge on any atom is 0.195 e. The van der Waals surface area contributed by atoms with E-state index in [0.29, 0.717) is 28.6 Å². The third kappa shape index (κ3) is 5.06. The van der Waals surface area contributed by atoms with Crippen LogP contribution in [0.3, 0.4) is 0 Å². The van der Waals surface area contributed by atoms with Crippen LogP contribution in [0.5, 0.6) is 5.75 Å². The number of rotatable bonds is 6. The Bertz CT molecular complexity index is 1100. The highest BCUT2D eigenvalue weighted by Gasteiger charge is 2.16. The van der Waals surface area contributed by atoms with Crippen molar-refractivity contribution in [1.82, 2.24) is 24.6 Å². The summed E-state index contributed by atoms with van der Waals surface area (Å²) >= 11 is 5.52. The number of aromatic amines is 1. The molecule has 2 heterocycles. The lowest BCUT2D eigenvalue weighted by Crippen LogP contribution is -2.43. The molecule has 0 unspecified atom stereocenters. The first-order valence-electron chi connectivity index (χ1n) is 10.9. The summed E-state index contributed by atoms with van der Waals surface area (Å²) in [7, 11) is 2.18. The van der Waals surface area contributed by atoms with E-state index in [4.69, 9.17) is 12.2 Å². The van der Waals surface area contributed by atoms with Gasteiger partial charge in [-0.3, -0.25) is 14.6 Å². The van der Waals surface area contributed by atoms with E-state index in [0.717, 1.165) is 38.3 Å². The van der Waals surface area contributed by atoms with Crippen LogP contribution in [0.2, 0.25) is 0 Å². The number of piperazine rings is 1. The summed E-state index contributed by atoms with van der Waals surface area (Å²) in [5.41, 5.74) is 4.34. The Hall–Kier alpha value is -2.48. The SMILES string of the molecule is CC(C)c1ccc(O)c(-c2n[nH]c(=S)n2Cc2cccc(CN3CCN(C)CC3)c2)c1. The molecule has 0 radical (unpaired) electrons. The smallest absolute Gasteiger partial charge is 0.195 e. The molecular weight excluding hydrogens is 406 g/mol. The van der Waals surface area contributed by atoms with Crippen molar-refractivity contribution in [3.05, 3.63) is 63.9 Å². The highest BCUT2D eigenvalue weighted by Crippen LogP contribution is 2.31. The Balaban J connectivity index is 1.58. The molecule has 0 atom stereocenters. The van der Waals surface area contributed by atoms with Crippen LogP contribution in [0.15, 0.2) is 42.5 Å². The fourth-order valence-corrected chi connectivity index (χ4v) is 4.23. The Morgan fingerprint density at radius 2 is 1.74 bits per heavy atom. The predicted molar refractivity (Wildman–Crippen MR) is 127 cm³/mol. The van der Waals surface area contributed by atoms with E-state index in [1.54, 1.807) is 6.07 Å². The number of nitrogens with zero attached hydrogens (tertiary/aromatic N) is 4. The van der Waals surface area contributed by atoms with Gasteiger partial charge in [0.25, 0.3) is 0 Å². The highest BCUT2D eigenvalue weighted by atomic mass is 32.1. The van der Waals surface area contributed by atoms with Crippen LogP contribution in [-0.2, 0) is 13.1 Å². The zero-order valence-electron chi connectivity index (χ0n) is 18.5. The molecule has 0 saturated carbocycles. The van der Waals surface area contributed by atoms with Gasteiger partial charge >= 0.3 is 0 Å². The zero-order valence-corrected chi connectivity index (χ0v) is 19.3. The second-order valence-electron chi connectivity index (χ2n) is 8.77. The van der Waals surface area contributed by atoms with Crippen molar-refractivity contribution in [2.75, 3.05) is 33.2 Å². The molecule has 1 aliphatic rings. The number of aromatic hydroxyl groups is 1. The minimum absolute atomic E-state index is 0.212. The lowest BCUT2D eigenvalue weighted by Gasteiger charge is -2.32. The van der Waals surface area contributed by atoms with Gasteiger partial charge in [-0.2, -0.15) is 5.10 Å². The van der Waals surface area contributed by atoms with E-state index in [2.05, 4.69) is 65.2 Å². The molecular formula is C24H31N5OS. The van der Waals surface area contributed by atoms with E-state index < -0.39 is 0 Å². The van der Waals surface area contributed by atoms with Crippen LogP contribution in [0.25, 0.3) is 11.4 Å². The molecule has 2 aromatic carbocycles. The van der Waals surface area contributed by atoms with E-state index in [9.17, 15) is 5.11 Å². The molecule has 3 aromatic rings. The van der Waals surface area contributed by atoms with Crippen LogP contribution in [0.1, 0.15) is 36.5 Å². The zero-order chi connectivity index (χ0) is 22.0. The van der Waals surface area contributed by atoms with Crippen LogP contribution in [-0.4, -0.2) is 62.9 Å². The van der Waals surface area contributed by atoms with Gasteiger partial charge in [-0.05, 0) is 54.0 Å². The summed E-state index contributed by atoms with van der Waals surface area (Å²) in [6.07, 6.45) is 0. The third-order valence-electron chi connectivity index (χ3n) is 6.02. The average molecular weight is 438 g/mol. The monoisotopic (exact) mass is 437 g/mol. The van der Waals surface area contributed by atoms with Crippen molar-refractivity contribution >= 4 is 12.2 Å². The van der Waals surface area contributed by atoms with Gasteiger partial charge < -0.3 is 10.0 Å². The van der Waals surface area contributed by atoms with Crippen LogP contribution in [0.4, 0.5) is 0 Å². The van der Waals surface area contributed by atoms with Gasteiger partial charge in [0.05, 0.1) is 12.1 Å². The Morgan fingerprint density at radius 1 is 1.03 bits per heavy atom. The van der Waals surface area contributed by atoms with Gasteiger partial charge in [-0.25, -0.2) is 0 Å². The van der Waals surface area contributed by atoms with Crippen molar-refractivity contribution in [3.8, 4) is 17.1 Å². The molecule has 7 heteroatoms. The molecule has 0 spiro atoms. The normalized spacial score (nSPS) is 15.6. The van der Waals surface area contributed by atoms with E-state index in [1.165, 1.54) is 11.1 Å². The number of likely N-dealkylation sites (N-methyl/N-ethyl adjacent to an activating group) is 1. The third-order valence-corrected chi connectivity index (χ3v) is 6.33. The molecule has 4 rings (SSSR count). The number of phenolic OH excluding ortho intramolecular Hbond substituents is 1. The number of benzene rings is 2. The fourth-order valence-electron chi connectivity index (χ4n) is 4.03. The molecule has 1 fully saturated rings. The molecule has 2 N–H and O–H groups in total. The van der Waals surface area contributed by atoms with Crippen LogP contribution in [0, 0.1) is 4.77 Å². The molecule has 0 amide bonds. The van der Waals surface area contributed by atoms with Gasteiger partial charge in [-0.15, -0.1) is 0 Å². The van der Waals surface area contributed by atoms with Crippen LogP contribution < -0.4 is 0 Å². The summed E-state index contributed by atoms with van der Waals surface area (Å²) in [5.74, 6) is 1.24. The second kappa shape index (κ2) is 9.34. The predicted octanol–water partition coefficient (Wildman–Crippen LogP) is 4.23. The maximum atomic E-state index is 10.5. The summed E-state index contributed by atoms with van der Waals surface area (Å²) in [4.78, 5) is 4.88. The van der Waals surface area contributed by atoms with Gasteiger partial charge in [-0.1, -0.05) is 44.2 Å². The lowest BCUT2D eigenvalue weighted by atomic mass is 10.00. The van der Waals surface area contributed by atoms with E-state index in [-0.39, 0.29) is 5.75 Å². The number of H-pyrrole nitrogens is 1. The summed E-state index contributed by atoms with van der Waals surface area (Å²) < 4.78 is 2.51. The van der Waals surface area contributed by atoms with Crippen molar-refractivity contribution < 1.29 is 5.11 Å². The summed E-state index contributed by atoms with van der Waals surface area (Å²) in [5, 5.41) is 17.9. The second-order valence-corrected chi connectivity index (χ2v) is 9.16. The topological polar surface area (TPSA) is 60.3 Å². The minimum Gasteiger partial charge on any atom is -0.507 e. The Morgan fingerprint density at radius 3 is 2.45 bits per heavy atom. The molecule has 6 nitrogen and oxygen atoms in total. The Kier molecular flexibility index (Phi) is 6.55. The Labute approximate surface area is 189 Å². The van der Waals surface area contributed by atoms with E-state index in [1.807, 2.05) is 16.7 Å². The highest BCUT2D eigenvalue weighted by molar-refractivity contribution is 7.71. The largest absolute Gasteiger partial charge is 0.507 e. The first kappa shape index (κ1) is 21.7. The molecule has 0 bridgehead atoms. The molecule has 1 saturated heterocycles. The quantitative estimate of drug-likeness (QED) is 0.565. The van der Waals surface area contributed by atoms with Crippen LogP contribution >= 0.6 is 12.2 Å². The first-order chi connectivity index (χ1) is 14.9. The molecule has 31 heavy (non-hydrogen) atoms. The van der Waals surface area contributed by atoms with Gasteiger partial charge in [0.1, 0.15) is 5.75 Å². The van der Waals surface area contributed by atoms with Crippen molar-refractivity contribution in [3.63, 3.8) is 0 Å². The molecule has 164 valence electrons. The summed E-state index contributed by atoms with van der Waals surface area (Å²) in [6.45, 7) is 10.3. The van der Waals surface area contributed by atoms with E-state index >= 15 is 0 Å². The molecule has 0 aliphatic carbocycles. The summed E-state index contributed by atoms with van der Waals surface area (Å²) in [6, 6.07) is 14.4. The number of aromatic nitrogens is 3. The lowest BCUT2D eigenvalue weighted by molar-refractivity contribution is 0.148. The first-order valence-corrected chi connectivity index (χ1v) is 11.3. The standard InChI is InChI=1S/C24H31N5OS/c1-17(2)20-7-8-22(30)21(14-20)23-25-26-24(31)29(23)16-19-6-4-5-18(13-19)15-28-11-9-27(3)10-12-28/h4-8,13-14,17,30H,9-12,15-16H2,1-3H3,(H,26,31). The fraction of sp³-hybridized carbons (Fsp3) is 0.417. The van der Waals surface area contributed by atoms with Crippen molar-refractivity contribution in [1.29, 1.82) is 0 Å². The van der Waals surface area contributed by atoms with Gasteiger partial charge in [0.2, 0.25) is 0 Å². The minimum atomic E-state index is 0.212. The maximum absolute atomic E-state index is 10.5. The van der Waals surface area contributed by atoms with Gasteiger partial charge in [0.15, 0.2) is 10.6 Å². The number of hydrogen-bond donors (Lipinski definition) is 2. The molecule has 1 aromatic heterocycles. The molecule has 1 aliphatic heterocycles.